The van der Waals surface area contributed by atoms with Crippen LogP contribution in [-0.2, 0) is 4.79 Å². The third-order valence-corrected chi connectivity index (χ3v) is 3.07. The van der Waals surface area contributed by atoms with Gasteiger partial charge in [-0.25, -0.2) is 0 Å². The van der Waals surface area contributed by atoms with E-state index in [1.807, 2.05) is 11.8 Å². The lowest BCUT2D eigenvalue weighted by Crippen LogP contribution is -2.50. The normalized spacial score (nSPS) is 16.1. The highest BCUT2D eigenvalue weighted by Crippen LogP contribution is 2.08. The zero-order valence-electron chi connectivity index (χ0n) is 9.98. The van der Waals surface area contributed by atoms with Crippen molar-refractivity contribution in [2.75, 3.05) is 26.2 Å². The zero-order chi connectivity index (χ0) is 12.3. The summed E-state index contributed by atoms with van der Waals surface area (Å²) in [6.45, 7) is 4.39. The van der Waals surface area contributed by atoms with Crippen molar-refractivity contribution >= 4 is 11.8 Å². The molecular weight excluding hydrogens is 218 g/mol. The number of hydrogen-bond acceptors (Lipinski definition) is 2. The predicted molar refractivity (Wildman–Crippen MR) is 63.6 cm³/mol. The molecule has 0 bridgehead atoms. The first-order valence-corrected chi connectivity index (χ1v) is 5.92. The van der Waals surface area contributed by atoms with Crippen molar-refractivity contribution in [3.05, 3.63) is 24.0 Å². The zero-order valence-corrected chi connectivity index (χ0v) is 9.98. The fraction of sp³-hybridized carbons (Fsp3) is 0.500. The summed E-state index contributed by atoms with van der Waals surface area (Å²) in [5.74, 6) is 0.202. The molecule has 1 aromatic rings. The Kier molecular flexibility index (Phi) is 3.46. The van der Waals surface area contributed by atoms with Crippen molar-refractivity contribution in [1.82, 2.24) is 14.8 Å². The summed E-state index contributed by atoms with van der Waals surface area (Å²) in [6, 6.07) is 1.77. The van der Waals surface area contributed by atoms with Gasteiger partial charge in [-0.2, -0.15) is 0 Å². The van der Waals surface area contributed by atoms with Crippen molar-refractivity contribution in [3.63, 3.8) is 0 Å². The highest BCUT2D eigenvalue weighted by molar-refractivity contribution is 5.94. The highest BCUT2D eigenvalue weighted by atomic mass is 16.2. The molecule has 0 unspecified atom stereocenters. The minimum atomic E-state index is 0.0369. The lowest BCUT2D eigenvalue weighted by atomic mass is 10.2. The van der Waals surface area contributed by atoms with Crippen LogP contribution in [0, 0.1) is 0 Å². The maximum Gasteiger partial charge on any atom is 0.255 e. The van der Waals surface area contributed by atoms with E-state index in [1.54, 1.807) is 23.4 Å². The first-order chi connectivity index (χ1) is 8.22. The van der Waals surface area contributed by atoms with E-state index < -0.39 is 0 Å². The van der Waals surface area contributed by atoms with Gasteiger partial charge in [0.2, 0.25) is 5.91 Å². The number of aromatic nitrogens is 1. The van der Waals surface area contributed by atoms with Crippen LogP contribution in [0.3, 0.4) is 0 Å². The molecule has 17 heavy (non-hydrogen) atoms. The van der Waals surface area contributed by atoms with Crippen LogP contribution in [0.25, 0.3) is 0 Å². The Morgan fingerprint density at radius 2 is 1.88 bits per heavy atom. The van der Waals surface area contributed by atoms with Gasteiger partial charge in [0.1, 0.15) is 0 Å². The van der Waals surface area contributed by atoms with Gasteiger partial charge in [-0.3, -0.25) is 9.59 Å². The number of nitrogens with zero attached hydrogens (tertiary/aromatic N) is 2. The van der Waals surface area contributed by atoms with Crippen LogP contribution in [0.1, 0.15) is 23.7 Å². The molecule has 0 aromatic carbocycles. The molecule has 2 heterocycles. The quantitative estimate of drug-likeness (QED) is 0.820. The van der Waals surface area contributed by atoms with Gasteiger partial charge in [-0.05, 0) is 6.07 Å². The van der Waals surface area contributed by atoms with Crippen molar-refractivity contribution in [2.24, 2.45) is 0 Å². The minimum Gasteiger partial charge on any atom is -0.367 e. The average molecular weight is 235 g/mol. The van der Waals surface area contributed by atoms with Crippen LogP contribution in [0.2, 0.25) is 0 Å². The number of rotatable bonds is 2. The summed E-state index contributed by atoms with van der Waals surface area (Å²) >= 11 is 0. The third-order valence-electron chi connectivity index (χ3n) is 3.07. The molecule has 0 atom stereocenters. The van der Waals surface area contributed by atoms with Crippen molar-refractivity contribution in [3.8, 4) is 0 Å². The molecule has 2 rings (SSSR count). The second kappa shape index (κ2) is 5.03. The summed E-state index contributed by atoms with van der Waals surface area (Å²) in [5.41, 5.74) is 0.681. The fourth-order valence-electron chi connectivity index (χ4n) is 2.02. The average Bonchev–Trinajstić information content (AvgIpc) is 2.91. The van der Waals surface area contributed by atoms with Gasteiger partial charge in [0.25, 0.3) is 5.91 Å². The van der Waals surface area contributed by atoms with Gasteiger partial charge in [0, 0.05) is 45.0 Å². The van der Waals surface area contributed by atoms with E-state index in [9.17, 15) is 9.59 Å². The van der Waals surface area contributed by atoms with Gasteiger partial charge < -0.3 is 14.8 Å². The van der Waals surface area contributed by atoms with E-state index in [-0.39, 0.29) is 11.8 Å². The summed E-state index contributed by atoms with van der Waals surface area (Å²) in [4.78, 5) is 30.0. The summed E-state index contributed by atoms with van der Waals surface area (Å²) < 4.78 is 0. The molecule has 1 aliphatic heterocycles. The Morgan fingerprint density at radius 3 is 2.41 bits per heavy atom. The number of carbonyl (C=O) groups is 2. The number of H-pyrrole nitrogens is 1. The molecular formula is C12H17N3O2. The van der Waals surface area contributed by atoms with Crippen LogP contribution in [-0.4, -0.2) is 52.8 Å². The van der Waals surface area contributed by atoms with Crippen LogP contribution in [0.4, 0.5) is 0 Å². The number of hydrogen-bond donors (Lipinski definition) is 1. The maximum absolute atomic E-state index is 12.0. The number of nitrogens with one attached hydrogen (secondary N) is 1. The Labute approximate surface area is 100 Å². The largest absolute Gasteiger partial charge is 0.367 e. The van der Waals surface area contributed by atoms with Crippen LogP contribution in [0.15, 0.2) is 18.5 Å². The second-order valence-electron chi connectivity index (χ2n) is 4.13. The van der Waals surface area contributed by atoms with Crippen molar-refractivity contribution in [2.45, 2.75) is 13.3 Å². The van der Waals surface area contributed by atoms with E-state index in [0.717, 1.165) is 0 Å². The first-order valence-electron chi connectivity index (χ1n) is 5.92. The van der Waals surface area contributed by atoms with Gasteiger partial charge in [-0.1, -0.05) is 6.92 Å². The molecule has 1 N–H and O–H groups in total. The van der Waals surface area contributed by atoms with Crippen molar-refractivity contribution in [1.29, 1.82) is 0 Å². The molecule has 0 aliphatic carbocycles. The molecule has 2 amide bonds. The van der Waals surface area contributed by atoms with Gasteiger partial charge in [0.15, 0.2) is 0 Å². The molecule has 0 spiro atoms. The number of carbonyl (C=O) groups excluding carboxylic acids is 2. The van der Waals surface area contributed by atoms with Gasteiger partial charge >= 0.3 is 0 Å². The molecule has 1 aromatic heterocycles. The maximum atomic E-state index is 12.0. The Morgan fingerprint density at radius 1 is 1.24 bits per heavy atom. The summed E-state index contributed by atoms with van der Waals surface area (Å²) in [7, 11) is 0. The molecule has 5 nitrogen and oxygen atoms in total. The van der Waals surface area contributed by atoms with E-state index in [0.29, 0.717) is 38.2 Å². The molecule has 1 saturated heterocycles. The molecule has 1 aliphatic rings. The number of amides is 2. The van der Waals surface area contributed by atoms with E-state index in [2.05, 4.69) is 4.98 Å². The lowest BCUT2D eigenvalue weighted by Gasteiger charge is -2.34. The van der Waals surface area contributed by atoms with E-state index >= 15 is 0 Å². The van der Waals surface area contributed by atoms with Crippen LogP contribution >= 0.6 is 0 Å². The van der Waals surface area contributed by atoms with E-state index in [4.69, 9.17) is 0 Å². The Balaban J connectivity index is 1.91. The molecule has 0 saturated carbocycles. The SMILES string of the molecule is CCC(=O)N1CCN(C(=O)c2cc[nH]c2)CC1. The predicted octanol–water partition coefficient (Wildman–Crippen LogP) is 0.709. The lowest BCUT2D eigenvalue weighted by molar-refractivity contribution is -0.132. The molecule has 1 fully saturated rings. The van der Waals surface area contributed by atoms with Gasteiger partial charge in [-0.15, -0.1) is 0 Å². The molecule has 0 radical (unpaired) electrons. The third kappa shape index (κ3) is 2.49. The fourth-order valence-corrected chi connectivity index (χ4v) is 2.02. The highest BCUT2D eigenvalue weighted by Gasteiger charge is 2.23. The smallest absolute Gasteiger partial charge is 0.255 e. The number of aromatic amines is 1. The second-order valence-corrected chi connectivity index (χ2v) is 4.13. The molecule has 92 valence electrons. The number of piperazine rings is 1. The minimum absolute atomic E-state index is 0.0369. The van der Waals surface area contributed by atoms with Gasteiger partial charge in [0.05, 0.1) is 5.56 Å². The summed E-state index contributed by atoms with van der Waals surface area (Å²) in [6.07, 6.45) is 3.97. The monoisotopic (exact) mass is 235 g/mol. The first kappa shape index (κ1) is 11.7. The summed E-state index contributed by atoms with van der Waals surface area (Å²) in [5, 5.41) is 0. The Bertz CT molecular complexity index is 392. The van der Waals surface area contributed by atoms with Crippen LogP contribution in [0.5, 0.6) is 0 Å². The standard InChI is InChI=1S/C12H17N3O2/c1-2-11(16)14-5-7-15(8-6-14)12(17)10-3-4-13-9-10/h3-4,9,13H,2,5-8H2,1H3. The topological polar surface area (TPSA) is 56.4 Å². The molecule has 5 heteroatoms. The van der Waals surface area contributed by atoms with Crippen molar-refractivity contribution < 1.29 is 9.59 Å². The Hall–Kier alpha value is -1.78. The van der Waals surface area contributed by atoms with Crippen LogP contribution < -0.4 is 0 Å². The van der Waals surface area contributed by atoms with E-state index in [1.165, 1.54) is 0 Å².